The first kappa shape index (κ1) is 21.3. The van der Waals surface area contributed by atoms with Crippen molar-refractivity contribution in [3.8, 4) is 0 Å². The van der Waals surface area contributed by atoms with Crippen LogP contribution in [0.5, 0.6) is 0 Å². The van der Waals surface area contributed by atoms with E-state index >= 15 is 0 Å². The van der Waals surface area contributed by atoms with Gasteiger partial charge in [-0.25, -0.2) is 9.59 Å². The fourth-order valence-electron chi connectivity index (χ4n) is 2.16. The molecule has 1 aromatic carbocycles. The van der Waals surface area contributed by atoms with Crippen molar-refractivity contribution in [2.45, 2.75) is 44.3 Å². The van der Waals surface area contributed by atoms with Gasteiger partial charge in [-0.2, -0.15) is 13.2 Å². The van der Waals surface area contributed by atoms with Gasteiger partial charge >= 0.3 is 24.1 Å². The lowest BCUT2D eigenvalue weighted by molar-refractivity contribution is -0.140. The predicted octanol–water partition coefficient (Wildman–Crippen LogP) is 3.32. The summed E-state index contributed by atoms with van der Waals surface area (Å²) in [5.41, 5.74) is -1.06. The third-order valence-corrected chi connectivity index (χ3v) is 3.43. The molecule has 0 saturated carbocycles. The van der Waals surface area contributed by atoms with Gasteiger partial charge in [-0.3, -0.25) is 4.79 Å². The molecule has 0 radical (unpaired) electrons. The fraction of sp³-hybridized carbons (Fsp3) is 0.438. The lowest BCUT2D eigenvalue weighted by Gasteiger charge is -2.15. The maximum Gasteiger partial charge on any atom is 0.416 e. The van der Waals surface area contributed by atoms with E-state index in [2.05, 4.69) is 10.6 Å². The molecule has 1 rings (SSSR count). The van der Waals surface area contributed by atoms with Gasteiger partial charge in [0.05, 0.1) is 5.56 Å². The number of halogens is 3. The topological polar surface area (TPSA) is 116 Å². The maximum absolute atomic E-state index is 12.6. The zero-order valence-corrected chi connectivity index (χ0v) is 13.7. The highest BCUT2D eigenvalue weighted by atomic mass is 19.4. The number of carboxylic acids is 2. The third kappa shape index (κ3) is 7.86. The van der Waals surface area contributed by atoms with E-state index in [1.54, 1.807) is 0 Å². The van der Waals surface area contributed by atoms with Gasteiger partial charge in [0.1, 0.15) is 6.04 Å². The smallest absolute Gasteiger partial charge is 0.416 e. The number of carbonyl (C=O) groups is 3. The van der Waals surface area contributed by atoms with Crippen molar-refractivity contribution >= 4 is 23.7 Å². The second-order valence-corrected chi connectivity index (χ2v) is 5.56. The van der Waals surface area contributed by atoms with Gasteiger partial charge in [0.25, 0.3) is 0 Å². The summed E-state index contributed by atoms with van der Waals surface area (Å²) in [5.74, 6) is -2.24. The average molecular weight is 376 g/mol. The van der Waals surface area contributed by atoms with E-state index in [-0.39, 0.29) is 18.5 Å². The molecule has 1 aromatic rings. The Labute approximate surface area is 147 Å². The molecule has 4 N–H and O–H groups in total. The van der Waals surface area contributed by atoms with Crippen molar-refractivity contribution in [3.05, 3.63) is 29.8 Å². The number of anilines is 1. The number of unbranched alkanes of at least 4 members (excludes halogenated alkanes) is 2. The summed E-state index contributed by atoms with van der Waals surface area (Å²) in [6.45, 7) is 0. The Hall–Kier alpha value is -2.78. The van der Waals surface area contributed by atoms with Crippen molar-refractivity contribution < 1.29 is 37.8 Å². The Morgan fingerprint density at radius 1 is 1.08 bits per heavy atom. The molecule has 0 aliphatic carbocycles. The molecule has 0 spiro atoms. The SMILES string of the molecule is O=C(O)CCCCC[C@H](NC(=O)Nc1cccc(C(F)(F)F)c1)C(=O)O. The molecule has 0 aliphatic rings. The molecular weight excluding hydrogens is 357 g/mol. The number of hydrogen-bond acceptors (Lipinski definition) is 3. The molecule has 0 fully saturated rings. The summed E-state index contributed by atoms with van der Waals surface area (Å²) in [6, 6.07) is 1.78. The van der Waals surface area contributed by atoms with Crippen molar-refractivity contribution in [1.29, 1.82) is 0 Å². The van der Waals surface area contributed by atoms with E-state index in [0.717, 1.165) is 18.2 Å². The number of nitrogens with one attached hydrogen (secondary N) is 2. The molecule has 2 amide bonds. The zero-order chi connectivity index (χ0) is 19.7. The predicted molar refractivity (Wildman–Crippen MR) is 85.7 cm³/mol. The van der Waals surface area contributed by atoms with Crippen LogP contribution in [0.3, 0.4) is 0 Å². The summed E-state index contributed by atoms with van der Waals surface area (Å²) in [6.07, 6.45) is -3.26. The van der Waals surface area contributed by atoms with Crippen LogP contribution in [0, 0.1) is 0 Å². The molecule has 0 saturated heterocycles. The minimum atomic E-state index is -4.56. The third-order valence-electron chi connectivity index (χ3n) is 3.43. The van der Waals surface area contributed by atoms with Crippen LogP contribution in [0.15, 0.2) is 24.3 Å². The summed E-state index contributed by atoms with van der Waals surface area (Å²) in [5, 5.41) is 21.9. The molecular formula is C16H19F3N2O5. The van der Waals surface area contributed by atoms with Crippen LogP contribution in [0.1, 0.15) is 37.7 Å². The van der Waals surface area contributed by atoms with Gasteiger partial charge in [0.15, 0.2) is 0 Å². The molecule has 0 unspecified atom stereocenters. The Morgan fingerprint density at radius 3 is 2.35 bits per heavy atom. The number of aliphatic carboxylic acids is 2. The Balaban J connectivity index is 2.55. The van der Waals surface area contributed by atoms with E-state index in [9.17, 15) is 27.6 Å². The standard InChI is InChI=1S/C16H19F3N2O5/c17-16(18,19)10-5-4-6-11(9-10)20-15(26)21-12(14(24)25)7-2-1-3-8-13(22)23/h4-6,9,12H,1-3,7-8H2,(H,22,23)(H,24,25)(H2,20,21,26)/t12-/m0/s1. The summed E-state index contributed by atoms with van der Waals surface area (Å²) >= 11 is 0. The first-order valence-electron chi connectivity index (χ1n) is 7.79. The van der Waals surface area contributed by atoms with Crippen LogP contribution in [0.25, 0.3) is 0 Å². The van der Waals surface area contributed by atoms with Crippen LogP contribution in [0.4, 0.5) is 23.7 Å². The van der Waals surface area contributed by atoms with E-state index in [0.29, 0.717) is 19.3 Å². The van der Waals surface area contributed by atoms with Gasteiger partial charge in [0.2, 0.25) is 0 Å². The molecule has 0 bridgehead atoms. The monoisotopic (exact) mass is 376 g/mol. The molecule has 0 aromatic heterocycles. The van der Waals surface area contributed by atoms with E-state index in [4.69, 9.17) is 10.2 Å². The summed E-state index contributed by atoms with van der Waals surface area (Å²) < 4.78 is 37.9. The highest BCUT2D eigenvalue weighted by Gasteiger charge is 2.30. The molecule has 1 atom stereocenters. The van der Waals surface area contributed by atoms with Gasteiger partial charge in [-0.15, -0.1) is 0 Å². The van der Waals surface area contributed by atoms with Crippen LogP contribution >= 0.6 is 0 Å². The zero-order valence-electron chi connectivity index (χ0n) is 13.7. The molecule has 144 valence electrons. The Kier molecular flexibility index (Phi) is 7.88. The largest absolute Gasteiger partial charge is 0.481 e. The fourth-order valence-corrected chi connectivity index (χ4v) is 2.16. The average Bonchev–Trinajstić information content (AvgIpc) is 2.52. The molecule has 10 heteroatoms. The Morgan fingerprint density at radius 2 is 1.77 bits per heavy atom. The highest BCUT2D eigenvalue weighted by Crippen LogP contribution is 2.30. The normalized spacial score (nSPS) is 12.3. The van der Waals surface area contributed by atoms with Crippen molar-refractivity contribution in [3.63, 3.8) is 0 Å². The van der Waals surface area contributed by atoms with Crippen molar-refractivity contribution in [2.24, 2.45) is 0 Å². The second-order valence-electron chi connectivity index (χ2n) is 5.56. The van der Waals surface area contributed by atoms with E-state index < -0.39 is 35.8 Å². The molecule has 7 nitrogen and oxygen atoms in total. The molecule has 26 heavy (non-hydrogen) atoms. The number of urea groups is 1. The van der Waals surface area contributed by atoms with Gasteiger partial charge in [0, 0.05) is 12.1 Å². The minimum absolute atomic E-state index is 0.0266. The maximum atomic E-state index is 12.6. The lowest BCUT2D eigenvalue weighted by Crippen LogP contribution is -2.43. The first-order chi connectivity index (χ1) is 12.1. The summed E-state index contributed by atoms with van der Waals surface area (Å²) in [4.78, 5) is 33.4. The summed E-state index contributed by atoms with van der Waals surface area (Å²) in [7, 11) is 0. The second kappa shape index (κ2) is 9.64. The number of rotatable bonds is 9. The number of benzene rings is 1. The number of carbonyl (C=O) groups excluding carboxylic acids is 1. The molecule has 0 heterocycles. The first-order valence-corrected chi connectivity index (χ1v) is 7.79. The van der Waals surface area contributed by atoms with Crippen LogP contribution in [-0.4, -0.2) is 34.2 Å². The lowest BCUT2D eigenvalue weighted by atomic mass is 10.1. The van der Waals surface area contributed by atoms with Crippen molar-refractivity contribution in [2.75, 3.05) is 5.32 Å². The van der Waals surface area contributed by atoms with Crippen molar-refractivity contribution in [1.82, 2.24) is 5.32 Å². The molecule has 0 aliphatic heterocycles. The van der Waals surface area contributed by atoms with E-state index in [1.807, 2.05) is 0 Å². The van der Waals surface area contributed by atoms with E-state index in [1.165, 1.54) is 6.07 Å². The van der Waals surface area contributed by atoms with Gasteiger partial charge in [-0.1, -0.05) is 18.9 Å². The van der Waals surface area contributed by atoms with Crippen LogP contribution in [-0.2, 0) is 15.8 Å². The number of hydrogen-bond donors (Lipinski definition) is 4. The number of amides is 2. The minimum Gasteiger partial charge on any atom is -0.481 e. The quantitative estimate of drug-likeness (QED) is 0.494. The Bertz CT molecular complexity index is 649. The number of alkyl halides is 3. The van der Waals surface area contributed by atoms with Crippen LogP contribution < -0.4 is 10.6 Å². The highest BCUT2D eigenvalue weighted by molar-refractivity contribution is 5.92. The van der Waals surface area contributed by atoms with Crippen LogP contribution in [0.2, 0.25) is 0 Å². The number of carboxylic acid groups (broad SMARTS) is 2. The van der Waals surface area contributed by atoms with Gasteiger partial charge in [-0.05, 0) is 31.0 Å². The van der Waals surface area contributed by atoms with Gasteiger partial charge < -0.3 is 20.8 Å².